The van der Waals surface area contributed by atoms with E-state index in [1.165, 1.54) is 0 Å². The number of aromatic carboxylic acids is 1. The van der Waals surface area contributed by atoms with Gasteiger partial charge in [-0.2, -0.15) is 0 Å². The maximum atomic E-state index is 11.1. The van der Waals surface area contributed by atoms with Gasteiger partial charge in [0.1, 0.15) is 0 Å². The molecular formula is C42H30N6O4. The Kier molecular flexibility index (Phi) is 9.70. The quantitative estimate of drug-likeness (QED) is 0.136. The largest absolute Gasteiger partial charge is 0.478 e. The first-order chi connectivity index (χ1) is 25.4. The van der Waals surface area contributed by atoms with Gasteiger partial charge < -0.3 is 10.2 Å². The molecule has 10 nitrogen and oxygen atoms in total. The van der Waals surface area contributed by atoms with Crippen molar-refractivity contribution in [1.29, 1.82) is 0 Å². The second kappa shape index (κ2) is 15.1. The number of hydrogen-bond acceptors (Lipinski definition) is 8. The van der Waals surface area contributed by atoms with E-state index in [1.54, 1.807) is 42.6 Å². The van der Waals surface area contributed by atoms with Crippen LogP contribution in [0.1, 0.15) is 22.3 Å². The Hall–Kier alpha value is -7.20. The van der Waals surface area contributed by atoms with E-state index in [0.29, 0.717) is 23.6 Å². The molecule has 2 N–H and O–H groups in total. The highest BCUT2D eigenvalue weighted by Gasteiger charge is 2.12. The van der Waals surface area contributed by atoms with Crippen molar-refractivity contribution < 1.29 is 19.8 Å². The fraction of sp³-hybridized carbons (Fsp3) is 0.0476. The number of rotatable bonds is 10. The lowest BCUT2D eigenvalue weighted by atomic mass is 9.98. The van der Waals surface area contributed by atoms with E-state index in [9.17, 15) is 9.59 Å². The topological polar surface area (TPSA) is 151 Å². The minimum absolute atomic E-state index is 0.0698. The summed E-state index contributed by atoms with van der Waals surface area (Å²) in [5.74, 6) is -0.944. The van der Waals surface area contributed by atoms with Crippen LogP contribution in [0.4, 0.5) is 11.4 Å². The maximum absolute atomic E-state index is 11.1. The zero-order chi connectivity index (χ0) is 35.9. The van der Waals surface area contributed by atoms with Crippen LogP contribution in [0, 0.1) is 5.92 Å². The van der Waals surface area contributed by atoms with Gasteiger partial charge in [-0.3, -0.25) is 9.98 Å². The van der Waals surface area contributed by atoms with Gasteiger partial charge in [-0.1, -0.05) is 103 Å². The van der Waals surface area contributed by atoms with Crippen molar-refractivity contribution in [3.8, 4) is 45.0 Å². The van der Waals surface area contributed by atoms with E-state index in [4.69, 9.17) is 10.2 Å². The van der Waals surface area contributed by atoms with Crippen molar-refractivity contribution >= 4 is 35.7 Å². The molecule has 0 saturated heterocycles. The van der Waals surface area contributed by atoms with Gasteiger partial charge in [-0.25, -0.2) is 9.59 Å². The SMILES string of the molecule is O=C(O)C1=CCC(/C=N/c2ccc(-c3ccc(-c4nnc(-c5ccc(-c6ccc(/N=C/c7ccc(C(=O)O)cc7)cc6)cc5)nn4)cc3)cc2)C=C1. The lowest BCUT2D eigenvalue weighted by Crippen LogP contribution is -2.06. The first-order valence-electron chi connectivity index (χ1n) is 16.4. The Bertz CT molecular complexity index is 2330. The number of carboxylic acids is 2. The smallest absolute Gasteiger partial charge is 0.335 e. The number of aliphatic carboxylic acids is 1. The molecule has 0 spiro atoms. The van der Waals surface area contributed by atoms with Gasteiger partial charge in [0.15, 0.2) is 0 Å². The molecule has 1 heterocycles. The van der Waals surface area contributed by atoms with Crippen LogP contribution in [-0.2, 0) is 4.79 Å². The molecule has 7 rings (SSSR count). The minimum Gasteiger partial charge on any atom is -0.478 e. The summed E-state index contributed by atoms with van der Waals surface area (Å²) in [4.78, 5) is 31.2. The summed E-state index contributed by atoms with van der Waals surface area (Å²) in [6.45, 7) is 0. The molecule has 6 aromatic rings. The normalized spacial score (nSPS) is 14.1. The summed E-state index contributed by atoms with van der Waals surface area (Å²) in [6, 6.07) is 38.1. The van der Waals surface area contributed by atoms with Crippen LogP contribution >= 0.6 is 0 Å². The van der Waals surface area contributed by atoms with E-state index in [-0.39, 0.29) is 11.5 Å². The van der Waals surface area contributed by atoms with Crippen LogP contribution in [0.2, 0.25) is 0 Å². The summed E-state index contributed by atoms with van der Waals surface area (Å²) in [5.41, 5.74) is 8.70. The van der Waals surface area contributed by atoms with Gasteiger partial charge in [-0.15, -0.1) is 20.4 Å². The third kappa shape index (κ3) is 7.98. The average molecular weight is 683 g/mol. The van der Waals surface area contributed by atoms with Gasteiger partial charge in [0.25, 0.3) is 0 Å². The monoisotopic (exact) mass is 682 g/mol. The zero-order valence-electron chi connectivity index (χ0n) is 27.6. The Balaban J connectivity index is 0.943. The van der Waals surface area contributed by atoms with E-state index in [2.05, 4.69) is 30.4 Å². The summed E-state index contributed by atoms with van der Waals surface area (Å²) in [5, 5.41) is 35.5. The Morgan fingerprint density at radius 2 is 1.00 bits per heavy atom. The number of carbonyl (C=O) groups is 2. The number of allylic oxidation sites excluding steroid dienone is 2. The first kappa shape index (κ1) is 33.3. The first-order valence-corrected chi connectivity index (χ1v) is 16.4. The Morgan fingerprint density at radius 3 is 1.42 bits per heavy atom. The second-order valence-corrected chi connectivity index (χ2v) is 12.0. The molecule has 0 radical (unpaired) electrons. The van der Waals surface area contributed by atoms with E-state index >= 15 is 0 Å². The van der Waals surface area contributed by atoms with E-state index < -0.39 is 11.9 Å². The van der Waals surface area contributed by atoms with Crippen molar-refractivity contribution in [2.75, 3.05) is 0 Å². The molecular weight excluding hydrogens is 652 g/mol. The number of nitrogens with zero attached hydrogens (tertiary/aromatic N) is 6. The molecule has 5 aromatic carbocycles. The molecule has 0 bridgehead atoms. The predicted molar refractivity (Wildman–Crippen MR) is 201 cm³/mol. The fourth-order valence-corrected chi connectivity index (χ4v) is 5.51. The average Bonchev–Trinajstić information content (AvgIpc) is 3.20. The van der Waals surface area contributed by atoms with Gasteiger partial charge in [0.05, 0.1) is 22.5 Å². The molecule has 0 saturated carbocycles. The number of benzene rings is 5. The van der Waals surface area contributed by atoms with Crippen LogP contribution in [0.5, 0.6) is 0 Å². The second-order valence-electron chi connectivity index (χ2n) is 12.0. The molecule has 0 aliphatic heterocycles. The zero-order valence-corrected chi connectivity index (χ0v) is 27.6. The molecule has 1 unspecified atom stereocenters. The molecule has 10 heteroatoms. The standard InChI is InChI=1S/C42H30N6O4/c49-41(50)35-5-1-27(2-6-35)25-43-37-21-17-31(18-22-37)29-9-13-33(14-10-29)39-45-47-40(48-46-39)34-15-11-30(12-16-34)32-19-23-38(24-20-32)44-26-28-3-7-36(8-4-28)42(51)52/h1-3,5-26,28H,4H2,(H,49,50)(H,51,52)/b43-25+,44-26+. The molecule has 0 amide bonds. The summed E-state index contributed by atoms with van der Waals surface area (Å²) >= 11 is 0. The molecule has 1 aliphatic carbocycles. The van der Waals surface area contributed by atoms with Gasteiger partial charge in [0, 0.05) is 29.5 Å². The molecule has 1 aromatic heterocycles. The fourth-order valence-electron chi connectivity index (χ4n) is 5.51. The van der Waals surface area contributed by atoms with Gasteiger partial charge in [0.2, 0.25) is 11.6 Å². The number of aliphatic imine (C=N–C) groups is 2. The van der Waals surface area contributed by atoms with Crippen LogP contribution in [0.15, 0.2) is 155 Å². The van der Waals surface area contributed by atoms with E-state index in [1.807, 2.05) is 109 Å². The lowest BCUT2D eigenvalue weighted by molar-refractivity contribution is -0.132. The molecule has 1 atom stereocenters. The van der Waals surface area contributed by atoms with Crippen LogP contribution < -0.4 is 0 Å². The number of carboxylic acid groups (broad SMARTS) is 2. The van der Waals surface area contributed by atoms with E-state index in [0.717, 1.165) is 50.3 Å². The van der Waals surface area contributed by atoms with Crippen molar-refractivity contribution in [1.82, 2.24) is 20.4 Å². The molecule has 252 valence electrons. The molecule has 1 aliphatic rings. The lowest BCUT2D eigenvalue weighted by Gasteiger charge is -2.09. The predicted octanol–water partition coefficient (Wildman–Crippen LogP) is 8.67. The third-order valence-electron chi connectivity index (χ3n) is 8.48. The Labute approximate surface area is 298 Å². The van der Waals surface area contributed by atoms with Crippen LogP contribution in [-0.4, -0.2) is 55.0 Å². The number of hydrogen-bond donors (Lipinski definition) is 2. The van der Waals surface area contributed by atoms with Crippen molar-refractivity contribution in [3.63, 3.8) is 0 Å². The summed E-state index contributed by atoms with van der Waals surface area (Å²) in [6.07, 6.45) is 9.36. The summed E-state index contributed by atoms with van der Waals surface area (Å²) < 4.78 is 0. The van der Waals surface area contributed by atoms with Gasteiger partial charge >= 0.3 is 11.9 Å². The van der Waals surface area contributed by atoms with Crippen LogP contribution in [0.3, 0.4) is 0 Å². The third-order valence-corrected chi connectivity index (χ3v) is 8.48. The Morgan fingerprint density at radius 1 is 0.558 bits per heavy atom. The summed E-state index contributed by atoms with van der Waals surface area (Å²) in [7, 11) is 0. The highest BCUT2D eigenvalue weighted by Crippen LogP contribution is 2.27. The minimum atomic E-state index is -0.957. The highest BCUT2D eigenvalue weighted by atomic mass is 16.4. The molecule has 52 heavy (non-hydrogen) atoms. The number of aromatic nitrogens is 4. The van der Waals surface area contributed by atoms with Crippen molar-refractivity contribution in [2.24, 2.45) is 15.9 Å². The van der Waals surface area contributed by atoms with Crippen LogP contribution in [0.25, 0.3) is 45.0 Å². The maximum Gasteiger partial charge on any atom is 0.335 e. The van der Waals surface area contributed by atoms with Crippen molar-refractivity contribution in [3.05, 3.63) is 156 Å². The highest BCUT2D eigenvalue weighted by molar-refractivity contribution is 5.91. The molecule has 0 fully saturated rings. The van der Waals surface area contributed by atoms with Crippen molar-refractivity contribution in [2.45, 2.75) is 6.42 Å². The van der Waals surface area contributed by atoms with Gasteiger partial charge in [-0.05, 0) is 70.6 Å².